The molecule has 9 aromatic carbocycles. The minimum atomic E-state index is -2.94. The second-order valence-electron chi connectivity index (χ2n) is 13.4. The van der Waals surface area contributed by atoms with Gasteiger partial charge in [-0.25, -0.2) is 4.98 Å². The average molecular weight is 682 g/mol. The summed E-state index contributed by atoms with van der Waals surface area (Å²) in [6.07, 6.45) is -2.72. The Morgan fingerprint density at radius 1 is 0.453 bits per heavy atom. The van der Waals surface area contributed by atoms with Gasteiger partial charge in [0.25, 0.3) is 0 Å². The quantitative estimate of drug-likeness (QED) is 0.160. The molecule has 0 aliphatic carbocycles. The van der Waals surface area contributed by atoms with Gasteiger partial charge in [0.2, 0.25) is 0 Å². The molecule has 250 valence electrons. The van der Waals surface area contributed by atoms with Crippen LogP contribution < -0.4 is 0 Å². The molecule has 0 fully saturated rings. The van der Waals surface area contributed by atoms with E-state index < -0.39 is 13.2 Å². The van der Waals surface area contributed by atoms with E-state index in [1.54, 1.807) is 10.6 Å². The Bertz CT molecular complexity index is 3070. The van der Waals surface area contributed by atoms with Crippen LogP contribution in [0.15, 0.2) is 188 Å². The zero-order valence-electron chi connectivity index (χ0n) is 33.8. The van der Waals surface area contributed by atoms with Crippen LogP contribution in [0.25, 0.3) is 93.5 Å². The van der Waals surface area contributed by atoms with Gasteiger partial charge in [0.15, 0.2) is 0 Å². The van der Waals surface area contributed by atoms with E-state index in [9.17, 15) is 0 Å². The van der Waals surface area contributed by atoms with Gasteiger partial charge in [0.05, 0.1) is 16.7 Å². The largest absolute Gasteiger partial charge is 0.296 e. The van der Waals surface area contributed by atoms with Crippen LogP contribution in [-0.2, 0) is 6.37 Å². The highest BCUT2D eigenvalue weighted by molar-refractivity contribution is 6.24. The van der Waals surface area contributed by atoms with E-state index in [1.807, 2.05) is 54.6 Å². The third-order valence-electron chi connectivity index (χ3n) is 10.5. The fraction of sp³-hybridized carbons (Fsp3) is 0.0392. The first-order valence-electron chi connectivity index (χ1n) is 20.4. The predicted molar refractivity (Wildman–Crippen MR) is 225 cm³/mol. The molecule has 0 spiro atoms. The summed E-state index contributed by atoms with van der Waals surface area (Å²) in [5.74, 6) is -0.153. The van der Waals surface area contributed by atoms with Gasteiger partial charge in [0, 0.05) is 18.6 Å². The van der Waals surface area contributed by atoms with Gasteiger partial charge in [-0.15, -0.1) is 0 Å². The molecular weight excluding hydrogens is 641 g/mol. The van der Waals surface area contributed by atoms with Crippen molar-refractivity contribution in [2.75, 3.05) is 0 Å². The third-order valence-corrected chi connectivity index (χ3v) is 10.5. The van der Waals surface area contributed by atoms with Crippen LogP contribution >= 0.6 is 0 Å². The second-order valence-corrected chi connectivity index (χ2v) is 13.4. The van der Waals surface area contributed by atoms with Crippen molar-refractivity contribution in [2.45, 2.75) is 13.2 Å². The Balaban J connectivity index is 1.26. The first kappa shape index (κ1) is 26.1. The van der Waals surface area contributed by atoms with Crippen molar-refractivity contribution < 1.29 is 6.85 Å². The van der Waals surface area contributed by atoms with Crippen molar-refractivity contribution in [3.63, 3.8) is 0 Å². The van der Waals surface area contributed by atoms with Crippen molar-refractivity contribution in [3.8, 4) is 50.2 Å². The molecule has 0 saturated carbocycles. The van der Waals surface area contributed by atoms with Gasteiger partial charge < -0.3 is 0 Å². The number of imidazole rings is 1. The van der Waals surface area contributed by atoms with Crippen LogP contribution in [-0.4, -0.2) is 9.55 Å². The molecule has 0 saturated heterocycles. The van der Waals surface area contributed by atoms with Gasteiger partial charge in [-0.1, -0.05) is 159 Å². The van der Waals surface area contributed by atoms with Crippen LogP contribution in [0.1, 0.15) is 19.5 Å². The number of para-hydroxylation sites is 2. The molecule has 0 bridgehead atoms. The fourth-order valence-corrected chi connectivity index (χ4v) is 8.15. The standard InChI is InChI=1S/C51H36N2/c1-2-49-52-46-27-15-16-28-48(46)53(49)47-30-29-45(39-21-9-10-22-40(39)47)51-43-25-13-11-23-41(43)50(42-24-12-14-26-44(42)51)38-32-36(34-17-5-3-6-18-34)31-37(33-38)35-19-7-4-8-20-35/h3-33H,2H2,1H3/i1D3,2D2. The van der Waals surface area contributed by atoms with Gasteiger partial charge in [-0.2, -0.15) is 0 Å². The fourth-order valence-electron chi connectivity index (χ4n) is 8.15. The number of hydrogen-bond acceptors (Lipinski definition) is 1. The zero-order chi connectivity index (χ0) is 39.6. The highest BCUT2D eigenvalue weighted by Gasteiger charge is 2.21. The molecule has 0 amide bonds. The van der Waals surface area contributed by atoms with Crippen molar-refractivity contribution in [3.05, 3.63) is 194 Å². The van der Waals surface area contributed by atoms with E-state index >= 15 is 0 Å². The maximum atomic E-state index is 8.84. The van der Waals surface area contributed by atoms with E-state index in [-0.39, 0.29) is 5.82 Å². The maximum absolute atomic E-state index is 8.84. The van der Waals surface area contributed by atoms with Gasteiger partial charge in [-0.05, 0) is 108 Å². The van der Waals surface area contributed by atoms with Crippen LogP contribution in [0, 0.1) is 0 Å². The van der Waals surface area contributed by atoms with E-state index in [0.717, 1.165) is 76.8 Å². The monoisotopic (exact) mass is 681 g/mol. The lowest BCUT2D eigenvalue weighted by molar-refractivity contribution is 0.913. The lowest BCUT2D eigenvalue weighted by atomic mass is 9.83. The Hall–Kier alpha value is -6.77. The number of aromatic nitrogens is 2. The summed E-state index contributed by atoms with van der Waals surface area (Å²) in [7, 11) is 0. The topological polar surface area (TPSA) is 17.8 Å². The molecular formula is C51H36N2. The minimum Gasteiger partial charge on any atom is -0.296 e. The number of benzene rings is 9. The van der Waals surface area contributed by atoms with Crippen LogP contribution in [0.3, 0.4) is 0 Å². The van der Waals surface area contributed by atoms with Crippen LogP contribution in [0.4, 0.5) is 0 Å². The van der Waals surface area contributed by atoms with Crippen molar-refractivity contribution in [1.29, 1.82) is 0 Å². The molecule has 10 aromatic rings. The molecule has 2 nitrogen and oxygen atoms in total. The smallest absolute Gasteiger partial charge is 0.114 e. The highest BCUT2D eigenvalue weighted by Crippen LogP contribution is 2.47. The Morgan fingerprint density at radius 2 is 0.943 bits per heavy atom. The van der Waals surface area contributed by atoms with Crippen molar-refractivity contribution >= 4 is 43.4 Å². The molecule has 10 rings (SSSR count). The Morgan fingerprint density at radius 3 is 1.55 bits per heavy atom. The molecule has 1 aromatic heterocycles. The van der Waals surface area contributed by atoms with Crippen LogP contribution in [0.2, 0.25) is 0 Å². The molecule has 53 heavy (non-hydrogen) atoms. The number of fused-ring (bicyclic) bond motifs is 4. The molecule has 2 heteroatoms. The molecule has 0 aliphatic rings. The summed E-state index contributed by atoms with van der Waals surface area (Å²) in [5.41, 5.74) is 10.8. The van der Waals surface area contributed by atoms with Crippen molar-refractivity contribution in [2.24, 2.45) is 0 Å². The molecule has 0 unspecified atom stereocenters. The maximum Gasteiger partial charge on any atom is 0.114 e. The summed E-state index contributed by atoms with van der Waals surface area (Å²) in [6, 6.07) is 64.7. The summed E-state index contributed by atoms with van der Waals surface area (Å²) >= 11 is 0. The van der Waals surface area contributed by atoms with E-state index in [0.29, 0.717) is 16.7 Å². The normalized spacial score (nSPS) is 13.5. The lowest BCUT2D eigenvalue weighted by Gasteiger charge is -2.21. The summed E-state index contributed by atoms with van der Waals surface area (Å²) < 4.78 is 43.9. The SMILES string of the molecule is [2H]C([2H])([2H])C([2H])([2H])c1nc2ccccc2n1-c1ccc(-c2c3ccccc3c(-c3cc(-c4ccccc4)cc(-c4ccccc4)c3)c3ccccc23)c2ccccc12. The van der Waals surface area contributed by atoms with Gasteiger partial charge >= 0.3 is 0 Å². The van der Waals surface area contributed by atoms with Gasteiger partial charge in [-0.3, -0.25) is 4.57 Å². The number of hydrogen-bond donors (Lipinski definition) is 0. The van der Waals surface area contributed by atoms with E-state index in [4.69, 9.17) is 6.85 Å². The molecule has 0 radical (unpaired) electrons. The minimum absolute atomic E-state index is 0.153. The first-order valence-corrected chi connectivity index (χ1v) is 17.9. The Kier molecular flexibility index (Phi) is 6.28. The number of rotatable bonds is 6. The predicted octanol–water partition coefficient (Wildman–Crippen LogP) is 13.7. The lowest BCUT2D eigenvalue weighted by Crippen LogP contribution is -2.01. The first-order chi connectivity index (χ1) is 28.2. The molecule has 0 atom stereocenters. The van der Waals surface area contributed by atoms with Crippen LogP contribution in [0.5, 0.6) is 0 Å². The molecule has 1 heterocycles. The molecule has 0 N–H and O–H groups in total. The number of aryl methyl sites for hydroxylation is 1. The highest BCUT2D eigenvalue weighted by atomic mass is 15.1. The second kappa shape index (κ2) is 12.8. The summed E-state index contributed by atoms with van der Waals surface area (Å²) in [5, 5.41) is 6.27. The average Bonchev–Trinajstić information content (AvgIpc) is 3.66. The Labute approximate surface area is 316 Å². The van der Waals surface area contributed by atoms with E-state index in [2.05, 4.69) is 132 Å². The molecule has 0 aliphatic heterocycles. The zero-order valence-corrected chi connectivity index (χ0v) is 28.8. The number of nitrogens with zero attached hydrogens (tertiary/aromatic N) is 2. The van der Waals surface area contributed by atoms with E-state index in [1.165, 1.54) is 0 Å². The third kappa shape index (κ3) is 5.14. The van der Waals surface area contributed by atoms with Gasteiger partial charge in [0.1, 0.15) is 5.82 Å². The summed E-state index contributed by atoms with van der Waals surface area (Å²) in [6.45, 7) is -2.94. The summed E-state index contributed by atoms with van der Waals surface area (Å²) in [4.78, 5) is 4.61. The van der Waals surface area contributed by atoms with Crippen molar-refractivity contribution in [1.82, 2.24) is 9.55 Å².